The number of rotatable bonds is 1. The van der Waals surface area contributed by atoms with E-state index in [-0.39, 0.29) is 5.41 Å². The average Bonchev–Trinajstić information content (AvgIpc) is 2.18. The van der Waals surface area contributed by atoms with Gasteiger partial charge >= 0.3 is 5.97 Å². The fourth-order valence-electron chi connectivity index (χ4n) is 1.72. The summed E-state index contributed by atoms with van der Waals surface area (Å²) in [7, 11) is 1.35. The normalized spacial score (nSPS) is 11.2. The Balaban J connectivity index is 3.52. The molecule has 0 radical (unpaired) electrons. The van der Waals surface area contributed by atoms with Gasteiger partial charge in [-0.05, 0) is 23.1 Å². The summed E-state index contributed by atoms with van der Waals surface area (Å²) >= 11 is 0. The van der Waals surface area contributed by atoms with Crippen LogP contribution in [0.2, 0.25) is 0 Å². The number of nitrogen functional groups attached to an aromatic ring is 2. The minimum Gasteiger partial charge on any atom is -0.465 e. The maximum atomic E-state index is 11.6. The molecule has 0 heterocycles. The molecule has 0 amide bonds. The molecule has 4 N–H and O–H groups in total. The number of ether oxygens (including phenoxy) is 1. The lowest BCUT2D eigenvalue weighted by Gasteiger charge is -2.24. The van der Waals surface area contributed by atoms with E-state index >= 15 is 0 Å². The molecule has 4 heteroatoms. The summed E-state index contributed by atoms with van der Waals surface area (Å²) in [5, 5.41) is 0. The highest BCUT2D eigenvalue weighted by Crippen LogP contribution is 2.34. The summed E-state index contributed by atoms with van der Waals surface area (Å²) in [5.41, 5.74) is 13.6. The van der Waals surface area contributed by atoms with Gasteiger partial charge in [-0.15, -0.1) is 0 Å². The van der Waals surface area contributed by atoms with Gasteiger partial charge in [-0.3, -0.25) is 0 Å². The van der Waals surface area contributed by atoms with Crippen molar-refractivity contribution >= 4 is 17.3 Å². The Labute approximate surface area is 95.6 Å². The van der Waals surface area contributed by atoms with Crippen LogP contribution in [0.4, 0.5) is 11.4 Å². The minimum absolute atomic E-state index is 0.261. The molecule has 0 spiro atoms. The Morgan fingerprint density at radius 1 is 1.25 bits per heavy atom. The molecule has 1 rings (SSSR count). The largest absolute Gasteiger partial charge is 0.465 e. The molecule has 0 fully saturated rings. The van der Waals surface area contributed by atoms with Crippen molar-refractivity contribution in [3.63, 3.8) is 0 Å². The van der Waals surface area contributed by atoms with E-state index in [9.17, 15) is 4.79 Å². The Hall–Kier alpha value is -1.71. The summed E-state index contributed by atoms with van der Waals surface area (Å²) in [5.74, 6) is -0.392. The van der Waals surface area contributed by atoms with Crippen LogP contribution >= 0.6 is 0 Å². The second-order valence-electron chi connectivity index (χ2n) is 4.73. The van der Waals surface area contributed by atoms with Crippen LogP contribution < -0.4 is 11.5 Å². The Morgan fingerprint density at radius 2 is 1.81 bits per heavy atom. The molecule has 16 heavy (non-hydrogen) atoms. The number of carbonyl (C=O) groups excluding carboxylic acids is 1. The summed E-state index contributed by atoms with van der Waals surface area (Å²) in [6.45, 7) is 5.93. The zero-order valence-corrected chi connectivity index (χ0v) is 10.1. The van der Waals surface area contributed by atoms with Gasteiger partial charge in [0.05, 0.1) is 24.0 Å². The molecule has 0 aliphatic carbocycles. The number of hydrogen-bond donors (Lipinski definition) is 2. The summed E-state index contributed by atoms with van der Waals surface area (Å²) in [6.07, 6.45) is 0. The van der Waals surface area contributed by atoms with Crippen LogP contribution in [0, 0.1) is 0 Å². The molecule has 0 saturated carbocycles. The van der Waals surface area contributed by atoms with Gasteiger partial charge in [-0.1, -0.05) is 20.8 Å². The van der Waals surface area contributed by atoms with Crippen LogP contribution in [-0.2, 0) is 10.2 Å². The van der Waals surface area contributed by atoms with Gasteiger partial charge in [0.15, 0.2) is 0 Å². The lowest BCUT2D eigenvalue weighted by atomic mass is 9.82. The highest BCUT2D eigenvalue weighted by Gasteiger charge is 2.25. The van der Waals surface area contributed by atoms with Gasteiger partial charge in [0, 0.05) is 0 Å². The van der Waals surface area contributed by atoms with Gasteiger partial charge in [-0.25, -0.2) is 4.79 Å². The van der Waals surface area contributed by atoms with Gasteiger partial charge in [0.1, 0.15) is 0 Å². The molecule has 88 valence electrons. The lowest BCUT2D eigenvalue weighted by Crippen LogP contribution is -2.20. The first-order valence-corrected chi connectivity index (χ1v) is 5.05. The average molecular weight is 222 g/mol. The zero-order valence-electron chi connectivity index (χ0n) is 10.1. The van der Waals surface area contributed by atoms with E-state index in [1.807, 2.05) is 20.8 Å². The smallest absolute Gasteiger partial charge is 0.338 e. The molecule has 0 bridgehead atoms. The number of nitrogens with two attached hydrogens (primary N) is 2. The molecule has 0 saturated heterocycles. The SMILES string of the molecule is COC(=O)c1ccc(N)c(N)c1C(C)(C)C. The van der Waals surface area contributed by atoms with E-state index in [0.717, 1.165) is 5.56 Å². The van der Waals surface area contributed by atoms with Crippen molar-refractivity contribution in [2.75, 3.05) is 18.6 Å². The van der Waals surface area contributed by atoms with Crippen LogP contribution in [0.3, 0.4) is 0 Å². The molecular weight excluding hydrogens is 204 g/mol. The molecule has 0 atom stereocenters. The van der Waals surface area contributed by atoms with Crippen LogP contribution in [0.15, 0.2) is 12.1 Å². The van der Waals surface area contributed by atoms with Gasteiger partial charge < -0.3 is 16.2 Å². The molecule has 0 aliphatic heterocycles. The number of methoxy groups -OCH3 is 1. The quantitative estimate of drug-likeness (QED) is 0.562. The van der Waals surface area contributed by atoms with Crippen molar-refractivity contribution in [3.8, 4) is 0 Å². The summed E-state index contributed by atoms with van der Waals surface area (Å²) in [4.78, 5) is 11.6. The van der Waals surface area contributed by atoms with Gasteiger partial charge in [-0.2, -0.15) is 0 Å². The van der Waals surface area contributed by atoms with Crippen LogP contribution in [0.1, 0.15) is 36.7 Å². The van der Waals surface area contributed by atoms with E-state index in [1.165, 1.54) is 7.11 Å². The first-order chi connectivity index (χ1) is 7.29. The van der Waals surface area contributed by atoms with E-state index in [4.69, 9.17) is 16.2 Å². The molecule has 0 aromatic heterocycles. The minimum atomic E-state index is -0.392. The van der Waals surface area contributed by atoms with Crippen molar-refractivity contribution in [2.45, 2.75) is 26.2 Å². The van der Waals surface area contributed by atoms with Gasteiger partial charge in [0.25, 0.3) is 0 Å². The number of esters is 1. The molecular formula is C12H18N2O2. The van der Waals surface area contributed by atoms with E-state index in [0.29, 0.717) is 16.9 Å². The number of benzene rings is 1. The zero-order chi connectivity index (χ0) is 12.5. The first-order valence-electron chi connectivity index (χ1n) is 5.05. The summed E-state index contributed by atoms with van der Waals surface area (Å²) < 4.78 is 4.73. The molecule has 0 aliphatic rings. The first kappa shape index (κ1) is 12.4. The van der Waals surface area contributed by atoms with E-state index in [2.05, 4.69) is 0 Å². The third-order valence-corrected chi connectivity index (χ3v) is 2.43. The molecule has 4 nitrogen and oxygen atoms in total. The Bertz CT molecular complexity index is 420. The maximum Gasteiger partial charge on any atom is 0.338 e. The van der Waals surface area contributed by atoms with Crippen LogP contribution in [-0.4, -0.2) is 13.1 Å². The van der Waals surface area contributed by atoms with Crippen molar-refractivity contribution in [3.05, 3.63) is 23.3 Å². The van der Waals surface area contributed by atoms with Crippen molar-refractivity contribution in [2.24, 2.45) is 0 Å². The molecule has 1 aromatic carbocycles. The maximum absolute atomic E-state index is 11.6. The molecule has 0 unspecified atom stereocenters. The number of carbonyl (C=O) groups is 1. The summed E-state index contributed by atoms with van der Waals surface area (Å²) in [6, 6.07) is 3.27. The highest BCUT2D eigenvalue weighted by molar-refractivity contribution is 5.95. The van der Waals surface area contributed by atoms with Gasteiger partial charge in [0.2, 0.25) is 0 Å². The van der Waals surface area contributed by atoms with Crippen molar-refractivity contribution < 1.29 is 9.53 Å². The van der Waals surface area contributed by atoms with Crippen LogP contribution in [0.25, 0.3) is 0 Å². The monoisotopic (exact) mass is 222 g/mol. The molecule has 1 aromatic rings. The second-order valence-corrected chi connectivity index (χ2v) is 4.73. The highest BCUT2D eigenvalue weighted by atomic mass is 16.5. The van der Waals surface area contributed by atoms with E-state index in [1.54, 1.807) is 12.1 Å². The lowest BCUT2D eigenvalue weighted by molar-refractivity contribution is 0.0598. The standard InChI is InChI=1S/C12H18N2O2/c1-12(2,3)9-7(11(15)16-4)5-6-8(13)10(9)14/h5-6H,13-14H2,1-4H3. The predicted octanol–water partition coefficient (Wildman–Crippen LogP) is 1.94. The van der Waals surface area contributed by atoms with Crippen LogP contribution in [0.5, 0.6) is 0 Å². The Morgan fingerprint density at radius 3 is 2.25 bits per heavy atom. The topological polar surface area (TPSA) is 78.3 Å². The van der Waals surface area contributed by atoms with Crippen molar-refractivity contribution in [1.82, 2.24) is 0 Å². The second kappa shape index (κ2) is 4.04. The van der Waals surface area contributed by atoms with E-state index < -0.39 is 5.97 Å². The fraction of sp³-hybridized carbons (Fsp3) is 0.417. The number of anilines is 2. The Kier molecular flexibility index (Phi) is 3.12. The predicted molar refractivity (Wildman–Crippen MR) is 65.3 cm³/mol. The fourth-order valence-corrected chi connectivity index (χ4v) is 1.72. The number of hydrogen-bond acceptors (Lipinski definition) is 4. The third kappa shape index (κ3) is 2.10. The van der Waals surface area contributed by atoms with Crippen molar-refractivity contribution in [1.29, 1.82) is 0 Å². The third-order valence-electron chi connectivity index (χ3n) is 2.43.